The lowest BCUT2D eigenvalue weighted by atomic mass is 9.89. The predicted octanol–water partition coefficient (Wildman–Crippen LogP) is 3.28. The van der Waals surface area contributed by atoms with Crippen molar-refractivity contribution in [2.45, 2.75) is 63.1 Å². The number of carbonyl (C=O) groups excluding carboxylic acids is 1. The van der Waals surface area contributed by atoms with Gasteiger partial charge in [0.25, 0.3) is 0 Å². The molecule has 1 amide bonds. The lowest BCUT2D eigenvalue weighted by Gasteiger charge is -2.31. The van der Waals surface area contributed by atoms with Gasteiger partial charge in [-0.15, -0.1) is 0 Å². The van der Waals surface area contributed by atoms with E-state index < -0.39 is 0 Å². The molecule has 3 atom stereocenters. The van der Waals surface area contributed by atoms with Gasteiger partial charge in [0.2, 0.25) is 5.91 Å². The second kappa shape index (κ2) is 6.75. The molecule has 1 aromatic rings. The molecule has 3 aliphatic heterocycles. The van der Waals surface area contributed by atoms with Crippen LogP contribution in [0.2, 0.25) is 0 Å². The third kappa shape index (κ3) is 3.16. The van der Waals surface area contributed by atoms with Crippen LogP contribution in [0.3, 0.4) is 0 Å². The fraction of sp³-hybridized carbons (Fsp3) is 0.650. The van der Waals surface area contributed by atoms with Gasteiger partial charge < -0.3 is 15.0 Å². The summed E-state index contributed by atoms with van der Waals surface area (Å²) in [5, 5.41) is 3.67. The third-order valence-electron chi connectivity index (χ3n) is 6.09. The smallest absolute Gasteiger partial charge is 0.223 e. The maximum absolute atomic E-state index is 13.0. The van der Waals surface area contributed by atoms with Crippen LogP contribution in [0.1, 0.15) is 56.6 Å². The van der Waals surface area contributed by atoms with Crippen molar-refractivity contribution in [1.82, 2.24) is 10.2 Å². The van der Waals surface area contributed by atoms with Crippen molar-refractivity contribution < 1.29 is 9.53 Å². The fourth-order valence-corrected chi connectivity index (χ4v) is 4.97. The second-order valence-electron chi connectivity index (χ2n) is 7.70. The van der Waals surface area contributed by atoms with Crippen LogP contribution >= 0.6 is 0 Å². The number of hydrogen-bond acceptors (Lipinski definition) is 3. The largest absolute Gasteiger partial charge is 0.497 e. The monoisotopic (exact) mass is 328 g/mol. The molecule has 3 heterocycles. The normalized spacial score (nSPS) is 32.1. The van der Waals surface area contributed by atoms with E-state index in [-0.39, 0.29) is 6.04 Å². The first-order valence-corrected chi connectivity index (χ1v) is 9.42. The minimum Gasteiger partial charge on any atom is -0.497 e. The molecule has 0 radical (unpaired) electrons. The van der Waals surface area contributed by atoms with Crippen molar-refractivity contribution in [1.29, 1.82) is 0 Å². The summed E-state index contributed by atoms with van der Waals surface area (Å²) in [5.74, 6) is 1.80. The van der Waals surface area contributed by atoms with Crippen LogP contribution in [0, 0.1) is 5.92 Å². The first kappa shape index (κ1) is 15.9. The Kier molecular flexibility index (Phi) is 4.49. The number of amides is 1. The Morgan fingerprint density at radius 2 is 2.04 bits per heavy atom. The molecular weight excluding hydrogens is 300 g/mol. The average molecular weight is 328 g/mol. The molecule has 1 aromatic carbocycles. The van der Waals surface area contributed by atoms with Crippen LogP contribution in [-0.4, -0.2) is 36.5 Å². The maximum Gasteiger partial charge on any atom is 0.223 e. The molecule has 0 aliphatic carbocycles. The van der Waals surface area contributed by atoms with Gasteiger partial charge in [0, 0.05) is 25.0 Å². The number of methoxy groups -OCH3 is 1. The van der Waals surface area contributed by atoms with E-state index in [1.54, 1.807) is 7.11 Å². The van der Waals surface area contributed by atoms with Crippen LogP contribution in [0.15, 0.2) is 24.3 Å². The number of benzene rings is 1. The molecule has 3 aliphatic rings. The molecule has 4 rings (SSSR count). The van der Waals surface area contributed by atoms with Gasteiger partial charge in [0.1, 0.15) is 5.75 Å². The summed E-state index contributed by atoms with van der Waals surface area (Å²) in [4.78, 5) is 15.1. The zero-order valence-corrected chi connectivity index (χ0v) is 14.5. The molecule has 2 bridgehead atoms. The number of carbonyl (C=O) groups is 1. The Morgan fingerprint density at radius 1 is 1.25 bits per heavy atom. The van der Waals surface area contributed by atoms with Gasteiger partial charge in [-0.1, -0.05) is 12.1 Å². The summed E-state index contributed by atoms with van der Waals surface area (Å²) < 4.78 is 5.35. The molecule has 4 heteroatoms. The Labute approximate surface area is 144 Å². The molecule has 0 saturated carbocycles. The minimum absolute atomic E-state index is 0.228. The van der Waals surface area contributed by atoms with E-state index in [2.05, 4.69) is 22.3 Å². The Morgan fingerprint density at radius 3 is 2.79 bits per heavy atom. The SMILES string of the molecule is COc1cccc(C2CCCN2C(=O)CC2CC3CCC(C2)N3)c1. The van der Waals surface area contributed by atoms with E-state index in [1.165, 1.54) is 31.2 Å². The van der Waals surface area contributed by atoms with Gasteiger partial charge in [-0.05, 0) is 62.1 Å². The van der Waals surface area contributed by atoms with Crippen LogP contribution in [0.25, 0.3) is 0 Å². The van der Waals surface area contributed by atoms with E-state index in [9.17, 15) is 4.79 Å². The summed E-state index contributed by atoms with van der Waals surface area (Å²) in [6.07, 6.45) is 7.85. The summed E-state index contributed by atoms with van der Waals surface area (Å²) in [5.41, 5.74) is 1.21. The standard InChI is InChI=1S/C20H28N2O2/c1-24-18-5-2-4-15(13-18)19-6-3-9-22(19)20(23)12-14-10-16-7-8-17(11-14)21-16/h2,4-5,13-14,16-17,19,21H,3,6-12H2,1H3. The lowest BCUT2D eigenvalue weighted by Crippen LogP contribution is -2.40. The summed E-state index contributed by atoms with van der Waals surface area (Å²) in [6.45, 7) is 0.901. The van der Waals surface area contributed by atoms with Crippen molar-refractivity contribution in [3.8, 4) is 5.75 Å². The number of rotatable bonds is 4. The number of nitrogens with one attached hydrogen (secondary N) is 1. The molecule has 4 nitrogen and oxygen atoms in total. The Hall–Kier alpha value is -1.55. The predicted molar refractivity (Wildman–Crippen MR) is 94.0 cm³/mol. The molecule has 1 N–H and O–H groups in total. The highest BCUT2D eigenvalue weighted by Crippen LogP contribution is 2.37. The molecule has 0 spiro atoms. The van der Waals surface area contributed by atoms with Gasteiger partial charge in [-0.25, -0.2) is 0 Å². The van der Waals surface area contributed by atoms with E-state index in [0.29, 0.717) is 23.9 Å². The van der Waals surface area contributed by atoms with Crippen molar-refractivity contribution in [3.63, 3.8) is 0 Å². The molecular formula is C20H28N2O2. The molecule has 24 heavy (non-hydrogen) atoms. The zero-order valence-electron chi connectivity index (χ0n) is 14.5. The topological polar surface area (TPSA) is 41.6 Å². The first-order valence-electron chi connectivity index (χ1n) is 9.42. The molecule has 0 aromatic heterocycles. The molecule has 3 saturated heterocycles. The van der Waals surface area contributed by atoms with Crippen LogP contribution in [-0.2, 0) is 4.79 Å². The number of likely N-dealkylation sites (tertiary alicyclic amines) is 1. The summed E-state index contributed by atoms with van der Waals surface area (Å²) in [7, 11) is 1.70. The van der Waals surface area contributed by atoms with Gasteiger partial charge >= 0.3 is 0 Å². The van der Waals surface area contributed by atoms with Gasteiger partial charge in [0.15, 0.2) is 0 Å². The fourth-order valence-electron chi connectivity index (χ4n) is 4.97. The van der Waals surface area contributed by atoms with Gasteiger partial charge in [0.05, 0.1) is 13.2 Å². The van der Waals surface area contributed by atoms with E-state index in [1.807, 2.05) is 12.1 Å². The van der Waals surface area contributed by atoms with Crippen LogP contribution in [0.5, 0.6) is 5.75 Å². The second-order valence-corrected chi connectivity index (χ2v) is 7.70. The van der Waals surface area contributed by atoms with E-state index >= 15 is 0 Å². The van der Waals surface area contributed by atoms with E-state index in [4.69, 9.17) is 4.74 Å². The summed E-state index contributed by atoms with van der Waals surface area (Å²) >= 11 is 0. The Balaban J connectivity index is 1.43. The molecule has 130 valence electrons. The number of piperidine rings is 1. The number of fused-ring (bicyclic) bond motifs is 2. The number of nitrogens with zero attached hydrogens (tertiary/aromatic N) is 1. The first-order chi connectivity index (χ1) is 11.7. The number of hydrogen-bond donors (Lipinski definition) is 1. The highest BCUT2D eigenvalue weighted by atomic mass is 16.5. The average Bonchev–Trinajstić information content (AvgIpc) is 3.21. The molecule has 3 fully saturated rings. The van der Waals surface area contributed by atoms with Crippen molar-refractivity contribution >= 4 is 5.91 Å². The van der Waals surface area contributed by atoms with Crippen molar-refractivity contribution in [2.75, 3.05) is 13.7 Å². The van der Waals surface area contributed by atoms with Crippen molar-refractivity contribution in [2.24, 2.45) is 5.92 Å². The molecule has 3 unspecified atom stereocenters. The maximum atomic E-state index is 13.0. The van der Waals surface area contributed by atoms with Gasteiger partial charge in [-0.3, -0.25) is 4.79 Å². The zero-order chi connectivity index (χ0) is 16.5. The van der Waals surface area contributed by atoms with Gasteiger partial charge in [-0.2, -0.15) is 0 Å². The third-order valence-corrected chi connectivity index (χ3v) is 6.09. The van der Waals surface area contributed by atoms with Crippen LogP contribution in [0.4, 0.5) is 0 Å². The van der Waals surface area contributed by atoms with E-state index in [0.717, 1.165) is 31.6 Å². The minimum atomic E-state index is 0.228. The quantitative estimate of drug-likeness (QED) is 0.922. The highest BCUT2D eigenvalue weighted by molar-refractivity contribution is 5.77. The summed E-state index contributed by atoms with van der Waals surface area (Å²) in [6, 6.07) is 9.76. The highest BCUT2D eigenvalue weighted by Gasteiger charge is 2.36. The lowest BCUT2D eigenvalue weighted by molar-refractivity contribution is -0.133. The Bertz CT molecular complexity index is 591. The van der Waals surface area contributed by atoms with Crippen LogP contribution < -0.4 is 10.1 Å². The number of ether oxygens (including phenoxy) is 1. The van der Waals surface area contributed by atoms with Crippen molar-refractivity contribution in [3.05, 3.63) is 29.8 Å².